The Labute approximate surface area is 140 Å². The van der Waals surface area contributed by atoms with Gasteiger partial charge in [-0.3, -0.25) is 4.79 Å². The van der Waals surface area contributed by atoms with Crippen molar-refractivity contribution >= 4 is 18.3 Å². The molecule has 1 saturated heterocycles. The molecule has 0 radical (unpaired) electrons. The maximum absolute atomic E-state index is 12.5. The zero-order valence-electron chi connectivity index (χ0n) is 13.0. The molecule has 0 bridgehead atoms. The average molecular weight is 339 g/mol. The van der Waals surface area contributed by atoms with Crippen molar-refractivity contribution in [3.8, 4) is 17.2 Å². The van der Waals surface area contributed by atoms with Gasteiger partial charge in [-0.15, -0.1) is 12.4 Å². The number of hydrogen-bond donors (Lipinski definition) is 1. The number of carbonyl (C=O) groups excluding carboxylic acids is 1. The van der Waals surface area contributed by atoms with Crippen LogP contribution in [0.3, 0.4) is 0 Å². The number of amides is 1. The highest BCUT2D eigenvalue weighted by molar-refractivity contribution is 5.91. The van der Waals surface area contributed by atoms with Gasteiger partial charge in [0.25, 0.3) is 17.6 Å². The predicted molar refractivity (Wildman–Crippen MR) is 86.9 cm³/mol. The lowest BCUT2D eigenvalue weighted by Gasteiger charge is -2.32. The van der Waals surface area contributed by atoms with Crippen LogP contribution in [-0.4, -0.2) is 53.7 Å². The standard InChI is InChI=1S/C15H18N4O3.ClH/c1-10-9-16-6-7-19(10)15(20)13-17-14(22-18-13)11-4-3-5-12(8-11)21-2;/h3-5,8,10,16H,6-7,9H2,1-2H3;1H/t10-;/m1./s1. The fourth-order valence-corrected chi connectivity index (χ4v) is 2.45. The van der Waals surface area contributed by atoms with Crippen molar-refractivity contribution in [1.82, 2.24) is 20.4 Å². The van der Waals surface area contributed by atoms with Gasteiger partial charge in [0.2, 0.25) is 0 Å². The van der Waals surface area contributed by atoms with Gasteiger partial charge in [0.05, 0.1) is 7.11 Å². The summed E-state index contributed by atoms with van der Waals surface area (Å²) < 4.78 is 10.4. The minimum Gasteiger partial charge on any atom is -0.497 e. The molecule has 3 rings (SSSR count). The number of piperazine rings is 1. The Morgan fingerprint density at radius 2 is 2.30 bits per heavy atom. The summed E-state index contributed by atoms with van der Waals surface area (Å²) in [6.07, 6.45) is 0. The van der Waals surface area contributed by atoms with Gasteiger partial charge in [-0.2, -0.15) is 4.98 Å². The molecule has 1 aliphatic rings. The van der Waals surface area contributed by atoms with Gasteiger partial charge in [0, 0.05) is 31.2 Å². The Morgan fingerprint density at radius 3 is 3.04 bits per heavy atom. The van der Waals surface area contributed by atoms with Crippen LogP contribution in [0, 0.1) is 0 Å². The van der Waals surface area contributed by atoms with Crippen molar-refractivity contribution in [2.24, 2.45) is 0 Å². The number of ether oxygens (including phenoxy) is 1. The van der Waals surface area contributed by atoms with Crippen LogP contribution in [0.5, 0.6) is 5.75 Å². The molecule has 0 unspecified atom stereocenters. The highest BCUT2D eigenvalue weighted by Gasteiger charge is 2.27. The topological polar surface area (TPSA) is 80.5 Å². The zero-order valence-corrected chi connectivity index (χ0v) is 13.8. The molecule has 1 aliphatic heterocycles. The fraction of sp³-hybridized carbons (Fsp3) is 0.400. The largest absolute Gasteiger partial charge is 0.497 e. The number of nitrogens with one attached hydrogen (secondary N) is 1. The first kappa shape index (κ1) is 17.2. The van der Waals surface area contributed by atoms with E-state index in [1.807, 2.05) is 25.1 Å². The second-order valence-electron chi connectivity index (χ2n) is 5.21. The first-order valence-electron chi connectivity index (χ1n) is 7.19. The second-order valence-corrected chi connectivity index (χ2v) is 5.21. The van der Waals surface area contributed by atoms with Crippen LogP contribution in [0.15, 0.2) is 28.8 Å². The Kier molecular flexibility index (Phi) is 5.57. The summed E-state index contributed by atoms with van der Waals surface area (Å²) in [7, 11) is 1.59. The number of methoxy groups -OCH3 is 1. The fourth-order valence-electron chi connectivity index (χ4n) is 2.45. The van der Waals surface area contributed by atoms with Crippen LogP contribution in [0.2, 0.25) is 0 Å². The van der Waals surface area contributed by atoms with Gasteiger partial charge in [0.1, 0.15) is 5.75 Å². The van der Waals surface area contributed by atoms with Crippen LogP contribution in [0.25, 0.3) is 11.5 Å². The van der Waals surface area contributed by atoms with Gasteiger partial charge in [-0.25, -0.2) is 0 Å². The third kappa shape index (κ3) is 3.62. The quantitative estimate of drug-likeness (QED) is 0.915. The van der Waals surface area contributed by atoms with Crippen LogP contribution in [-0.2, 0) is 0 Å². The molecule has 7 nitrogen and oxygen atoms in total. The van der Waals surface area contributed by atoms with E-state index in [2.05, 4.69) is 15.5 Å². The third-order valence-electron chi connectivity index (χ3n) is 3.70. The Bertz CT molecular complexity index is 676. The van der Waals surface area contributed by atoms with Crippen LogP contribution in [0.1, 0.15) is 17.5 Å². The summed E-state index contributed by atoms with van der Waals surface area (Å²) >= 11 is 0. The number of nitrogens with zero attached hydrogens (tertiary/aromatic N) is 3. The van der Waals surface area contributed by atoms with E-state index in [1.165, 1.54) is 0 Å². The monoisotopic (exact) mass is 338 g/mol. The smallest absolute Gasteiger partial charge is 0.295 e. The van der Waals surface area contributed by atoms with E-state index in [0.717, 1.165) is 18.7 Å². The van der Waals surface area contributed by atoms with Gasteiger partial charge in [-0.1, -0.05) is 11.2 Å². The molecule has 2 heterocycles. The molecule has 1 atom stereocenters. The van der Waals surface area contributed by atoms with E-state index in [0.29, 0.717) is 18.2 Å². The molecule has 1 N–H and O–H groups in total. The van der Waals surface area contributed by atoms with E-state index in [4.69, 9.17) is 9.26 Å². The predicted octanol–water partition coefficient (Wildman–Crippen LogP) is 1.60. The van der Waals surface area contributed by atoms with Crippen molar-refractivity contribution < 1.29 is 14.1 Å². The lowest BCUT2D eigenvalue weighted by atomic mass is 10.2. The molecule has 0 saturated carbocycles. The summed E-state index contributed by atoms with van der Waals surface area (Å²) in [5.41, 5.74) is 0.722. The summed E-state index contributed by atoms with van der Waals surface area (Å²) in [4.78, 5) is 18.4. The summed E-state index contributed by atoms with van der Waals surface area (Å²) in [5.74, 6) is 0.891. The number of hydrogen-bond acceptors (Lipinski definition) is 6. The molecule has 1 fully saturated rings. The van der Waals surface area contributed by atoms with E-state index in [-0.39, 0.29) is 30.2 Å². The molecular weight excluding hydrogens is 320 g/mol. The Hall–Kier alpha value is -2.12. The molecule has 8 heteroatoms. The van der Waals surface area contributed by atoms with Crippen molar-refractivity contribution in [2.75, 3.05) is 26.7 Å². The van der Waals surface area contributed by atoms with Crippen LogP contribution in [0.4, 0.5) is 0 Å². The molecule has 23 heavy (non-hydrogen) atoms. The normalized spacial score (nSPS) is 17.5. The number of halogens is 1. The van der Waals surface area contributed by atoms with Gasteiger partial charge >= 0.3 is 0 Å². The minimum atomic E-state index is -0.202. The van der Waals surface area contributed by atoms with Crippen molar-refractivity contribution in [2.45, 2.75) is 13.0 Å². The average Bonchev–Trinajstić information content (AvgIpc) is 3.05. The zero-order chi connectivity index (χ0) is 15.5. The molecule has 0 spiro atoms. The highest BCUT2D eigenvalue weighted by Crippen LogP contribution is 2.22. The SMILES string of the molecule is COc1cccc(-c2nc(C(=O)N3CCNC[C@H]3C)no2)c1.Cl. The van der Waals surface area contributed by atoms with Crippen LogP contribution < -0.4 is 10.1 Å². The lowest BCUT2D eigenvalue weighted by Crippen LogP contribution is -2.52. The molecule has 1 aromatic heterocycles. The number of carbonyl (C=O) groups is 1. The molecule has 1 amide bonds. The van der Waals surface area contributed by atoms with Crippen molar-refractivity contribution in [3.05, 3.63) is 30.1 Å². The second kappa shape index (κ2) is 7.43. The van der Waals surface area contributed by atoms with Gasteiger partial charge < -0.3 is 19.5 Å². The van der Waals surface area contributed by atoms with Crippen molar-refractivity contribution in [3.63, 3.8) is 0 Å². The van der Waals surface area contributed by atoms with E-state index < -0.39 is 0 Å². The van der Waals surface area contributed by atoms with E-state index in [1.54, 1.807) is 18.1 Å². The van der Waals surface area contributed by atoms with E-state index >= 15 is 0 Å². The van der Waals surface area contributed by atoms with Crippen molar-refractivity contribution in [1.29, 1.82) is 0 Å². The summed E-state index contributed by atoms with van der Waals surface area (Å²) in [6, 6.07) is 7.39. The number of rotatable bonds is 3. The molecule has 0 aliphatic carbocycles. The molecule has 1 aromatic carbocycles. The third-order valence-corrected chi connectivity index (χ3v) is 3.70. The number of aromatic nitrogens is 2. The summed E-state index contributed by atoms with van der Waals surface area (Å²) in [5, 5.41) is 7.06. The van der Waals surface area contributed by atoms with Gasteiger partial charge in [0.15, 0.2) is 0 Å². The highest BCUT2D eigenvalue weighted by atomic mass is 35.5. The Morgan fingerprint density at radius 1 is 1.48 bits per heavy atom. The first-order valence-corrected chi connectivity index (χ1v) is 7.19. The van der Waals surface area contributed by atoms with E-state index in [9.17, 15) is 4.79 Å². The molecular formula is C15H19ClN4O3. The minimum absolute atomic E-state index is 0. The maximum atomic E-state index is 12.5. The lowest BCUT2D eigenvalue weighted by molar-refractivity contribution is 0.0640. The van der Waals surface area contributed by atoms with Crippen LogP contribution >= 0.6 is 12.4 Å². The maximum Gasteiger partial charge on any atom is 0.295 e. The Balaban J connectivity index is 0.00000192. The van der Waals surface area contributed by atoms with Gasteiger partial charge in [-0.05, 0) is 25.1 Å². The first-order chi connectivity index (χ1) is 10.7. The number of benzene rings is 1. The molecule has 124 valence electrons. The summed E-state index contributed by atoms with van der Waals surface area (Å²) in [6.45, 7) is 4.18. The molecule has 2 aromatic rings.